The van der Waals surface area contributed by atoms with Gasteiger partial charge in [0.05, 0.1) is 26.2 Å². The van der Waals surface area contributed by atoms with Crippen LogP contribution in [0.15, 0.2) is 0 Å². The van der Waals surface area contributed by atoms with Gasteiger partial charge in [-0.3, -0.25) is 0 Å². The molecular weight excluding hydrogens is 297 g/mol. The van der Waals surface area contributed by atoms with E-state index in [1.54, 1.807) is 0 Å². The van der Waals surface area contributed by atoms with Crippen LogP contribution in [0, 0.1) is 0 Å². The molecule has 0 aromatic carbocycles. The van der Waals surface area contributed by atoms with Crippen molar-refractivity contribution >= 4 is 6.70 Å². The van der Waals surface area contributed by atoms with Crippen molar-refractivity contribution in [2.45, 2.75) is 39.8 Å². The Morgan fingerprint density at radius 3 is 0.850 bits per heavy atom. The molecule has 0 rings (SSSR count). The Morgan fingerprint density at radius 2 is 0.850 bits per heavy atom. The Morgan fingerprint density at radius 1 is 0.650 bits per heavy atom. The molecule has 20 heavy (non-hydrogen) atoms. The van der Waals surface area contributed by atoms with Gasteiger partial charge < -0.3 is 13.1 Å². The topological polar surface area (TPSA) is 0 Å². The summed E-state index contributed by atoms with van der Waals surface area (Å²) in [5, 5.41) is 0. The highest BCUT2D eigenvalue weighted by Gasteiger charge is 2.68. The number of alkyl halides is 6. The van der Waals surface area contributed by atoms with Gasteiger partial charge >= 0.3 is 18.9 Å². The van der Waals surface area contributed by atoms with Crippen LogP contribution in [0.5, 0.6) is 0 Å². The summed E-state index contributed by atoms with van der Waals surface area (Å²) in [5.74, 6) is 0. The predicted molar refractivity (Wildman–Crippen MR) is 62.5 cm³/mol. The van der Waals surface area contributed by atoms with Crippen molar-refractivity contribution in [1.82, 2.24) is 0 Å². The van der Waals surface area contributed by atoms with E-state index in [9.17, 15) is 35.0 Å². The molecule has 0 atom stereocenters. The normalized spacial score (nSPS) is 13.8. The minimum Gasteiger partial charge on any atom is -0.465 e. The Kier molecular flexibility index (Phi) is 8.12. The molecule has 0 amide bonds. The molecule has 0 unspecified atom stereocenters. The molecule has 0 radical (unpaired) electrons. The van der Waals surface area contributed by atoms with Crippen LogP contribution in [0.2, 0.25) is 0 Å². The first-order chi connectivity index (χ1) is 8.74. The molecule has 0 aliphatic carbocycles. The van der Waals surface area contributed by atoms with Crippen LogP contribution < -0.4 is 0 Å². The molecule has 1 nitrogen and oxygen atoms in total. The second-order valence-corrected chi connectivity index (χ2v) is 4.35. The van der Waals surface area contributed by atoms with Crippen LogP contribution in [-0.4, -0.2) is 49.5 Å². The maximum atomic E-state index is 11.2. The van der Waals surface area contributed by atoms with Crippen LogP contribution in [0.3, 0.4) is 0 Å². The van der Waals surface area contributed by atoms with Crippen molar-refractivity contribution in [1.29, 1.82) is 0 Å². The Hall–Kier alpha value is -0.535. The Balaban J connectivity index is 0. The van der Waals surface area contributed by atoms with E-state index in [0.717, 1.165) is 0 Å². The lowest BCUT2D eigenvalue weighted by Crippen LogP contribution is -2.55. The number of quaternary nitrogens is 1. The summed E-state index contributed by atoms with van der Waals surface area (Å²) < 4.78 is 89.1. The minimum atomic E-state index is -7.29. The van der Waals surface area contributed by atoms with Gasteiger partial charge in [-0.05, 0) is 27.7 Å². The molecule has 0 aliphatic rings. The van der Waals surface area contributed by atoms with E-state index in [4.69, 9.17) is 0 Å². The second kappa shape index (κ2) is 7.47. The van der Waals surface area contributed by atoms with Gasteiger partial charge in [0, 0.05) is 0 Å². The first-order valence-corrected chi connectivity index (χ1v) is 6.24. The van der Waals surface area contributed by atoms with Crippen molar-refractivity contribution in [3.8, 4) is 0 Å². The monoisotopic (exact) mass is 317 g/mol. The number of nitrogens with zero attached hydrogens (tertiary/aromatic N) is 1. The van der Waals surface area contributed by atoms with E-state index in [1.165, 1.54) is 30.7 Å². The van der Waals surface area contributed by atoms with Gasteiger partial charge in [0.25, 0.3) is 0 Å². The van der Waals surface area contributed by atoms with Crippen molar-refractivity contribution in [2.24, 2.45) is 0 Å². The fourth-order valence-electron chi connectivity index (χ4n) is 1.53. The average Bonchev–Trinajstić information content (AvgIpc) is 2.31. The van der Waals surface area contributed by atoms with Crippen molar-refractivity contribution in [3.05, 3.63) is 0 Å². The molecule has 0 N–H and O–H groups in total. The fourth-order valence-corrected chi connectivity index (χ4v) is 1.53. The van der Waals surface area contributed by atoms with E-state index in [0.29, 0.717) is 0 Å². The number of rotatable bonds is 4. The van der Waals surface area contributed by atoms with Crippen LogP contribution in [-0.2, 0) is 0 Å². The van der Waals surface area contributed by atoms with Gasteiger partial charge in [-0.15, -0.1) is 0 Å². The Labute approximate surface area is 113 Å². The minimum absolute atomic E-state index is 1.28. The lowest BCUT2D eigenvalue weighted by atomic mass is 9.63. The molecule has 0 aromatic heterocycles. The molecular formula is C10H20BF8N. The average molecular weight is 317 g/mol. The Bertz CT molecular complexity index is 236. The zero-order chi connectivity index (χ0) is 16.8. The molecule has 0 saturated heterocycles. The summed E-state index contributed by atoms with van der Waals surface area (Å²) in [4.78, 5) is 0. The lowest BCUT2D eigenvalue weighted by molar-refractivity contribution is -0.921. The molecule has 0 aliphatic heterocycles. The first-order valence-electron chi connectivity index (χ1n) is 6.24. The predicted octanol–water partition coefficient (Wildman–Crippen LogP) is 4.45. The molecule has 124 valence electrons. The molecule has 0 bridgehead atoms. The number of hydrogen-bond donors (Lipinski definition) is 0. The summed E-state index contributed by atoms with van der Waals surface area (Å²) in [6.07, 6.45) is -13.0. The molecule has 10 heteroatoms. The second-order valence-electron chi connectivity index (χ2n) is 4.35. The van der Waals surface area contributed by atoms with E-state index in [-0.39, 0.29) is 0 Å². The summed E-state index contributed by atoms with van der Waals surface area (Å²) in [5.41, 5.74) is 0. The van der Waals surface area contributed by atoms with Crippen molar-refractivity contribution < 1.29 is 39.5 Å². The van der Waals surface area contributed by atoms with Crippen LogP contribution in [0.25, 0.3) is 0 Å². The maximum absolute atomic E-state index is 11.2. The highest BCUT2D eigenvalue weighted by atomic mass is 19.4. The number of halogens is 8. The largest absolute Gasteiger partial charge is 0.518 e. The third kappa shape index (κ3) is 5.45. The van der Waals surface area contributed by atoms with Gasteiger partial charge in [-0.1, -0.05) is 0 Å². The van der Waals surface area contributed by atoms with Crippen LogP contribution in [0.1, 0.15) is 27.7 Å². The number of hydrogen-bond acceptors (Lipinski definition) is 0. The van der Waals surface area contributed by atoms with Crippen LogP contribution >= 0.6 is 0 Å². The highest BCUT2D eigenvalue weighted by Crippen LogP contribution is 2.42. The van der Waals surface area contributed by atoms with E-state index >= 15 is 0 Å². The van der Waals surface area contributed by atoms with Gasteiger partial charge in [0.2, 0.25) is 0 Å². The van der Waals surface area contributed by atoms with E-state index in [1.807, 2.05) is 0 Å². The summed E-state index contributed by atoms with van der Waals surface area (Å²) in [6.45, 7) is 6.93. The highest BCUT2D eigenvalue weighted by molar-refractivity contribution is 6.70. The molecule has 0 aromatic rings. The van der Waals surface area contributed by atoms with Gasteiger partial charge in [-0.25, -0.2) is 26.3 Å². The SMILES string of the molecule is CC[N+](CC)(CC)CC.F[B-](F)(C(F)(F)F)C(F)(F)F. The summed E-state index contributed by atoms with van der Waals surface area (Å²) >= 11 is 0. The van der Waals surface area contributed by atoms with E-state index in [2.05, 4.69) is 27.7 Å². The van der Waals surface area contributed by atoms with Gasteiger partial charge in [0.1, 0.15) is 0 Å². The zero-order valence-corrected chi connectivity index (χ0v) is 11.9. The maximum Gasteiger partial charge on any atom is 0.518 e. The van der Waals surface area contributed by atoms with E-state index < -0.39 is 18.9 Å². The van der Waals surface area contributed by atoms with Gasteiger partial charge in [-0.2, -0.15) is 0 Å². The first kappa shape index (κ1) is 21.8. The van der Waals surface area contributed by atoms with Gasteiger partial charge in [0.15, 0.2) is 0 Å². The molecule has 0 heterocycles. The molecule has 0 spiro atoms. The third-order valence-electron chi connectivity index (χ3n) is 3.51. The molecule has 0 saturated carbocycles. The van der Waals surface area contributed by atoms with Crippen molar-refractivity contribution in [2.75, 3.05) is 26.2 Å². The lowest BCUT2D eigenvalue weighted by Gasteiger charge is -2.34. The summed E-state index contributed by atoms with van der Waals surface area (Å²) in [6, 6.07) is 0. The quantitative estimate of drug-likeness (QED) is 0.408. The standard InChI is InChI=1S/C8H20N.C2BF8/c1-5-9(6-2,7-3)8-4;4-1(5,6)3(10,11)2(7,8)9/h5-8H2,1-4H3;/q+1;-1. The summed E-state index contributed by atoms with van der Waals surface area (Å²) in [7, 11) is 0. The smallest absolute Gasteiger partial charge is 0.465 e. The fraction of sp³-hybridized carbons (Fsp3) is 1.00. The van der Waals surface area contributed by atoms with Crippen molar-refractivity contribution in [3.63, 3.8) is 0 Å². The third-order valence-corrected chi connectivity index (χ3v) is 3.51. The zero-order valence-electron chi connectivity index (χ0n) is 11.9. The van der Waals surface area contributed by atoms with Crippen LogP contribution in [0.4, 0.5) is 35.0 Å². The molecule has 0 fully saturated rings.